The minimum Gasteiger partial charge on any atom is -0.377 e. The summed E-state index contributed by atoms with van der Waals surface area (Å²) in [7, 11) is -3.55. The van der Waals surface area contributed by atoms with Crippen molar-refractivity contribution in [3.8, 4) is 0 Å². The van der Waals surface area contributed by atoms with Crippen LogP contribution in [0, 0.1) is 6.92 Å². The highest BCUT2D eigenvalue weighted by atomic mass is 32.2. The van der Waals surface area contributed by atoms with Crippen molar-refractivity contribution in [2.24, 2.45) is 0 Å². The Kier molecular flexibility index (Phi) is 3.29. The van der Waals surface area contributed by atoms with E-state index in [2.05, 4.69) is 0 Å². The molecule has 0 unspecified atom stereocenters. The molecule has 0 aromatic heterocycles. The normalized spacial score (nSPS) is 13.9. The van der Waals surface area contributed by atoms with Gasteiger partial charge in [0, 0.05) is 0 Å². The van der Waals surface area contributed by atoms with Crippen molar-refractivity contribution in [2.75, 3.05) is 0 Å². The van der Waals surface area contributed by atoms with Gasteiger partial charge in [0.25, 0.3) is 0 Å². The first-order valence-corrected chi connectivity index (χ1v) is 6.01. The number of rotatable bonds is 3. The van der Waals surface area contributed by atoms with E-state index in [0.29, 0.717) is 0 Å². The molecule has 0 bridgehead atoms. The van der Waals surface area contributed by atoms with Gasteiger partial charge in [0.15, 0.2) is 5.44 Å². The zero-order chi connectivity index (χ0) is 10.8. The number of benzene rings is 1. The second-order valence-corrected chi connectivity index (χ2v) is 5.33. The molecule has 1 atom stereocenters. The Bertz CT molecular complexity index is 392. The topological polar surface area (TPSA) is 54.4 Å². The maximum atomic E-state index is 11.6. The molecule has 3 nitrogen and oxygen atoms in total. The van der Waals surface area contributed by atoms with Crippen LogP contribution in [0.25, 0.3) is 0 Å². The zero-order valence-corrected chi connectivity index (χ0v) is 9.08. The van der Waals surface area contributed by atoms with Crippen molar-refractivity contribution in [1.29, 1.82) is 0 Å². The van der Waals surface area contributed by atoms with E-state index in [0.717, 1.165) is 5.56 Å². The maximum Gasteiger partial charge on any atom is 0.204 e. The molecule has 1 rings (SSSR count). The van der Waals surface area contributed by atoms with Crippen molar-refractivity contribution in [3.63, 3.8) is 0 Å². The Morgan fingerprint density at radius 3 is 2.21 bits per heavy atom. The van der Waals surface area contributed by atoms with Crippen LogP contribution in [-0.2, 0) is 9.84 Å². The first-order chi connectivity index (χ1) is 6.48. The lowest BCUT2D eigenvalue weighted by Crippen LogP contribution is -2.19. The van der Waals surface area contributed by atoms with Crippen molar-refractivity contribution in [1.82, 2.24) is 0 Å². The van der Waals surface area contributed by atoms with Crippen LogP contribution in [0.15, 0.2) is 29.2 Å². The first-order valence-electron chi connectivity index (χ1n) is 4.47. The van der Waals surface area contributed by atoms with Gasteiger partial charge in [-0.3, -0.25) is 0 Å². The van der Waals surface area contributed by atoms with Crippen LogP contribution >= 0.6 is 0 Å². The molecule has 78 valence electrons. The molecule has 0 aliphatic rings. The van der Waals surface area contributed by atoms with Crippen LogP contribution in [0.5, 0.6) is 0 Å². The van der Waals surface area contributed by atoms with Gasteiger partial charge >= 0.3 is 0 Å². The van der Waals surface area contributed by atoms with E-state index < -0.39 is 15.3 Å². The predicted octanol–water partition coefficient (Wildman–Crippen LogP) is 1.50. The smallest absolute Gasteiger partial charge is 0.204 e. The average molecular weight is 214 g/mol. The lowest BCUT2D eigenvalue weighted by atomic mass is 10.2. The van der Waals surface area contributed by atoms with Crippen molar-refractivity contribution in [3.05, 3.63) is 29.8 Å². The summed E-state index contributed by atoms with van der Waals surface area (Å²) in [5.74, 6) is 0. The van der Waals surface area contributed by atoms with E-state index in [1.165, 1.54) is 12.1 Å². The van der Waals surface area contributed by atoms with E-state index in [1.807, 2.05) is 6.92 Å². The van der Waals surface area contributed by atoms with Gasteiger partial charge in [-0.15, -0.1) is 0 Å². The first kappa shape index (κ1) is 11.2. The third-order valence-corrected chi connectivity index (χ3v) is 4.04. The van der Waals surface area contributed by atoms with Crippen LogP contribution in [0.3, 0.4) is 0 Å². The third-order valence-electron chi connectivity index (χ3n) is 2.06. The Labute approximate surface area is 84.3 Å². The van der Waals surface area contributed by atoms with E-state index in [4.69, 9.17) is 0 Å². The Morgan fingerprint density at radius 2 is 1.79 bits per heavy atom. The third kappa shape index (κ3) is 2.13. The van der Waals surface area contributed by atoms with Gasteiger partial charge in [-0.1, -0.05) is 24.6 Å². The summed E-state index contributed by atoms with van der Waals surface area (Å²) in [5, 5.41) is 9.32. The number of aliphatic hydroxyl groups is 1. The fourth-order valence-electron chi connectivity index (χ4n) is 1.10. The van der Waals surface area contributed by atoms with Gasteiger partial charge in [0.05, 0.1) is 4.90 Å². The SMILES string of the molecule is CC[C@@H](O)S(=O)(=O)c1ccc(C)cc1. The summed E-state index contributed by atoms with van der Waals surface area (Å²) in [6.07, 6.45) is 0.205. The van der Waals surface area contributed by atoms with Gasteiger partial charge in [-0.25, -0.2) is 8.42 Å². The molecule has 0 saturated carbocycles. The Morgan fingerprint density at radius 1 is 1.29 bits per heavy atom. The minimum absolute atomic E-state index is 0.178. The van der Waals surface area contributed by atoms with Gasteiger partial charge in [-0.05, 0) is 25.5 Å². The number of aryl methyl sites for hydroxylation is 1. The monoisotopic (exact) mass is 214 g/mol. The fraction of sp³-hybridized carbons (Fsp3) is 0.400. The van der Waals surface area contributed by atoms with Crippen LogP contribution in [0.1, 0.15) is 18.9 Å². The summed E-state index contributed by atoms with van der Waals surface area (Å²) in [5.41, 5.74) is -0.305. The summed E-state index contributed by atoms with van der Waals surface area (Å²) in [4.78, 5) is 0.178. The van der Waals surface area contributed by atoms with Crippen molar-refractivity contribution < 1.29 is 13.5 Å². The molecule has 0 aliphatic carbocycles. The lowest BCUT2D eigenvalue weighted by Gasteiger charge is -2.09. The summed E-state index contributed by atoms with van der Waals surface area (Å²) in [6, 6.07) is 6.47. The van der Waals surface area contributed by atoms with Gasteiger partial charge in [-0.2, -0.15) is 0 Å². The van der Waals surface area contributed by atoms with Crippen molar-refractivity contribution in [2.45, 2.75) is 30.6 Å². The summed E-state index contributed by atoms with van der Waals surface area (Å²) >= 11 is 0. The predicted molar refractivity (Wildman–Crippen MR) is 54.7 cm³/mol. The highest BCUT2D eigenvalue weighted by Crippen LogP contribution is 2.16. The molecule has 0 radical (unpaired) electrons. The molecule has 1 N–H and O–H groups in total. The molecule has 0 saturated heterocycles. The zero-order valence-electron chi connectivity index (χ0n) is 8.27. The highest BCUT2D eigenvalue weighted by Gasteiger charge is 2.22. The van der Waals surface area contributed by atoms with Gasteiger partial charge in [0.1, 0.15) is 0 Å². The number of aliphatic hydroxyl groups excluding tert-OH is 1. The minimum atomic E-state index is -3.55. The molecule has 0 aliphatic heterocycles. The molecular formula is C10H14O3S. The fourth-order valence-corrected chi connectivity index (χ4v) is 2.37. The van der Waals surface area contributed by atoms with E-state index in [9.17, 15) is 13.5 Å². The van der Waals surface area contributed by atoms with Crippen molar-refractivity contribution >= 4 is 9.84 Å². The molecule has 4 heteroatoms. The summed E-state index contributed by atoms with van der Waals surface area (Å²) in [6.45, 7) is 3.52. The molecule has 1 aromatic rings. The Hall–Kier alpha value is -0.870. The van der Waals surface area contributed by atoms with Gasteiger partial charge < -0.3 is 5.11 Å². The molecular weight excluding hydrogens is 200 g/mol. The van der Waals surface area contributed by atoms with E-state index >= 15 is 0 Å². The maximum absolute atomic E-state index is 11.6. The molecule has 0 fully saturated rings. The largest absolute Gasteiger partial charge is 0.377 e. The Balaban J connectivity index is 3.11. The highest BCUT2D eigenvalue weighted by molar-refractivity contribution is 7.91. The van der Waals surface area contributed by atoms with E-state index in [-0.39, 0.29) is 11.3 Å². The number of hydrogen-bond acceptors (Lipinski definition) is 3. The van der Waals surface area contributed by atoms with Crippen LogP contribution < -0.4 is 0 Å². The molecule has 0 heterocycles. The second kappa shape index (κ2) is 4.11. The number of sulfone groups is 1. The molecule has 0 amide bonds. The molecule has 0 spiro atoms. The van der Waals surface area contributed by atoms with Gasteiger partial charge in [0.2, 0.25) is 9.84 Å². The van der Waals surface area contributed by atoms with E-state index in [1.54, 1.807) is 19.1 Å². The quantitative estimate of drug-likeness (QED) is 0.829. The van der Waals surface area contributed by atoms with Crippen LogP contribution in [0.2, 0.25) is 0 Å². The van der Waals surface area contributed by atoms with Crippen LogP contribution in [-0.4, -0.2) is 19.0 Å². The molecule has 1 aromatic carbocycles. The number of hydrogen-bond donors (Lipinski definition) is 1. The summed E-state index contributed by atoms with van der Waals surface area (Å²) < 4.78 is 23.2. The second-order valence-electron chi connectivity index (χ2n) is 3.22. The molecule has 14 heavy (non-hydrogen) atoms. The lowest BCUT2D eigenvalue weighted by molar-refractivity contribution is 0.244. The van der Waals surface area contributed by atoms with Crippen LogP contribution in [0.4, 0.5) is 0 Å². The standard InChI is InChI=1S/C10H14O3S/c1-3-10(11)14(12,13)9-6-4-8(2)5-7-9/h4-7,10-11H,3H2,1-2H3/t10-/m0/s1. The average Bonchev–Trinajstić information content (AvgIpc) is 2.17.